The third-order valence-electron chi connectivity index (χ3n) is 4.27. The van der Waals surface area contributed by atoms with Gasteiger partial charge in [-0.2, -0.15) is 0 Å². The Bertz CT molecular complexity index is 178. The van der Waals surface area contributed by atoms with E-state index >= 15 is 0 Å². The first-order valence-electron chi connectivity index (χ1n) is 8.31. The van der Waals surface area contributed by atoms with E-state index in [2.05, 4.69) is 0 Å². The monoisotopic (exact) mass is 359 g/mol. The fourth-order valence-electron chi connectivity index (χ4n) is 2.99. The number of hydrogen-bond donors (Lipinski definition) is 0. The summed E-state index contributed by atoms with van der Waals surface area (Å²) >= 11 is -1.25. The van der Waals surface area contributed by atoms with Gasteiger partial charge in [-0.25, -0.2) is 0 Å². The Balaban J connectivity index is 2.17. The molecule has 1 rings (SSSR count). The van der Waals surface area contributed by atoms with Gasteiger partial charge in [0.1, 0.15) is 0 Å². The SMILES string of the molecule is [O]=[Sn][CH]1CCCCCCCCCCCCCCC1. The standard InChI is InChI=1S/C16H31.O.Sn/c1-2-4-6-8-10-12-14-16-15-13-11-9-7-5-3-1;;/h1H,2-16H2;;. The van der Waals surface area contributed by atoms with Gasteiger partial charge in [0.05, 0.1) is 0 Å². The minimum absolute atomic E-state index is 0.654. The first-order valence-corrected chi connectivity index (χ1v) is 11.1. The van der Waals surface area contributed by atoms with E-state index in [9.17, 15) is 3.08 Å². The summed E-state index contributed by atoms with van der Waals surface area (Å²) in [5.41, 5.74) is 0. The summed E-state index contributed by atoms with van der Waals surface area (Å²) in [6.07, 6.45) is 21.0. The third-order valence-corrected chi connectivity index (χ3v) is 6.87. The van der Waals surface area contributed by atoms with Crippen molar-refractivity contribution in [2.45, 2.75) is 100 Å². The van der Waals surface area contributed by atoms with Crippen LogP contribution in [0.25, 0.3) is 0 Å². The molecule has 1 fully saturated rings. The second kappa shape index (κ2) is 12.6. The van der Waals surface area contributed by atoms with E-state index < -0.39 is 21.1 Å². The van der Waals surface area contributed by atoms with E-state index in [1.54, 1.807) is 0 Å². The molecule has 2 heteroatoms. The Morgan fingerprint density at radius 3 is 1.06 bits per heavy atom. The van der Waals surface area contributed by atoms with Crippen LogP contribution in [-0.4, -0.2) is 21.1 Å². The van der Waals surface area contributed by atoms with Gasteiger partial charge >= 0.3 is 124 Å². The molecule has 0 N–H and O–H groups in total. The summed E-state index contributed by atoms with van der Waals surface area (Å²) in [7, 11) is 0. The van der Waals surface area contributed by atoms with E-state index in [-0.39, 0.29) is 0 Å². The Kier molecular flexibility index (Phi) is 11.7. The predicted molar refractivity (Wildman–Crippen MR) is 79.4 cm³/mol. The van der Waals surface area contributed by atoms with Crippen LogP contribution < -0.4 is 0 Å². The molecule has 1 aliphatic carbocycles. The summed E-state index contributed by atoms with van der Waals surface area (Å²) in [6, 6.07) is 0. The molecular weight excluding hydrogens is 327 g/mol. The molecule has 0 aliphatic heterocycles. The van der Waals surface area contributed by atoms with Gasteiger partial charge in [0, 0.05) is 0 Å². The molecule has 18 heavy (non-hydrogen) atoms. The fraction of sp³-hybridized carbons (Fsp3) is 1.00. The van der Waals surface area contributed by atoms with E-state index in [1.807, 2.05) is 0 Å². The van der Waals surface area contributed by atoms with Crippen molar-refractivity contribution in [3.05, 3.63) is 0 Å². The molecule has 0 unspecified atom stereocenters. The van der Waals surface area contributed by atoms with Crippen LogP contribution >= 0.6 is 0 Å². The van der Waals surface area contributed by atoms with E-state index in [0.717, 1.165) is 0 Å². The number of rotatable bonds is 1. The van der Waals surface area contributed by atoms with Gasteiger partial charge in [0.15, 0.2) is 0 Å². The summed E-state index contributed by atoms with van der Waals surface area (Å²) in [4.78, 5) is 0. The molecule has 0 amide bonds. The summed E-state index contributed by atoms with van der Waals surface area (Å²) in [5, 5.41) is 0. The van der Waals surface area contributed by atoms with E-state index in [1.165, 1.54) is 96.3 Å². The second-order valence-electron chi connectivity index (χ2n) is 5.99. The van der Waals surface area contributed by atoms with Gasteiger partial charge in [0.2, 0.25) is 0 Å². The van der Waals surface area contributed by atoms with Crippen LogP contribution in [0.1, 0.15) is 96.3 Å². The van der Waals surface area contributed by atoms with Crippen LogP contribution in [0.2, 0.25) is 3.93 Å². The van der Waals surface area contributed by atoms with Crippen molar-refractivity contribution in [2.24, 2.45) is 0 Å². The quantitative estimate of drug-likeness (QED) is 0.551. The van der Waals surface area contributed by atoms with Crippen LogP contribution in [0.3, 0.4) is 0 Å². The summed E-state index contributed by atoms with van der Waals surface area (Å²) < 4.78 is 11.9. The molecule has 105 valence electrons. The maximum absolute atomic E-state index is 11.3. The average Bonchev–Trinajstić information content (AvgIpc) is 2.39. The minimum atomic E-state index is -1.25. The topological polar surface area (TPSA) is 17.1 Å². The molecule has 0 spiro atoms. The summed E-state index contributed by atoms with van der Waals surface area (Å²) in [6.45, 7) is 0. The molecule has 0 bridgehead atoms. The zero-order valence-electron chi connectivity index (χ0n) is 12.1. The Hall–Kier alpha value is 0.599. The average molecular weight is 358 g/mol. The van der Waals surface area contributed by atoms with Gasteiger partial charge in [-0.1, -0.05) is 0 Å². The van der Waals surface area contributed by atoms with Crippen molar-refractivity contribution < 1.29 is 3.08 Å². The molecule has 1 nitrogen and oxygen atoms in total. The van der Waals surface area contributed by atoms with Gasteiger partial charge in [-0.15, -0.1) is 0 Å². The van der Waals surface area contributed by atoms with Crippen LogP contribution in [0.4, 0.5) is 0 Å². The molecule has 1 saturated carbocycles. The Labute approximate surface area is 124 Å². The van der Waals surface area contributed by atoms with Crippen molar-refractivity contribution in [3.63, 3.8) is 0 Å². The molecule has 0 atom stereocenters. The molecule has 0 aromatic rings. The molecular formula is C16H31OSn. The Morgan fingerprint density at radius 2 is 0.778 bits per heavy atom. The van der Waals surface area contributed by atoms with Gasteiger partial charge in [-0.3, -0.25) is 0 Å². The van der Waals surface area contributed by atoms with Crippen LogP contribution in [0, 0.1) is 0 Å². The van der Waals surface area contributed by atoms with E-state index in [4.69, 9.17) is 0 Å². The van der Waals surface area contributed by atoms with Gasteiger partial charge < -0.3 is 0 Å². The first kappa shape index (κ1) is 16.7. The van der Waals surface area contributed by atoms with Crippen molar-refractivity contribution in [2.75, 3.05) is 0 Å². The zero-order valence-corrected chi connectivity index (χ0v) is 14.9. The molecule has 0 aromatic heterocycles. The van der Waals surface area contributed by atoms with Crippen LogP contribution in [0.5, 0.6) is 0 Å². The molecule has 0 heterocycles. The molecule has 0 aromatic carbocycles. The normalized spacial score (nSPS) is 23.6. The van der Waals surface area contributed by atoms with E-state index in [0.29, 0.717) is 3.93 Å². The Morgan fingerprint density at radius 1 is 0.500 bits per heavy atom. The zero-order chi connectivity index (χ0) is 12.9. The summed E-state index contributed by atoms with van der Waals surface area (Å²) in [5.74, 6) is 0. The first-order chi connectivity index (χ1) is 8.93. The second-order valence-corrected chi connectivity index (χ2v) is 8.99. The van der Waals surface area contributed by atoms with Gasteiger partial charge in [0.25, 0.3) is 0 Å². The third kappa shape index (κ3) is 9.52. The van der Waals surface area contributed by atoms with Crippen molar-refractivity contribution >= 4 is 21.1 Å². The molecule has 1 aliphatic rings. The predicted octanol–water partition coefficient (Wildman–Crippen LogP) is 5.69. The van der Waals surface area contributed by atoms with Crippen LogP contribution in [0.15, 0.2) is 0 Å². The molecule has 1 radical (unpaired) electrons. The maximum atomic E-state index is 11.3. The van der Waals surface area contributed by atoms with Crippen molar-refractivity contribution in [1.29, 1.82) is 0 Å². The fourth-order valence-corrected chi connectivity index (χ4v) is 4.83. The van der Waals surface area contributed by atoms with Crippen molar-refractivity contribution in [1.82, 2.24) is 0 Å². The molecule has 0 saturated heterocycles. The van der Waals surface area contributed by atoms with Gasteiger partial charge in [-0.05, 0) is 0 Å². The van der Waals surface area contributed by atoms with Crippen LogP contribution in [-0.2, 0) is 3.08 Å². The van der Waals surface area contributed by atoms with Crippen molar-refractivity contribution in [3.8, 4) is 0 Å². The number of hydrogen-bond acceptors (Lipinski definition) is 1.